The fraction of sp³-hybridized carbons (Fsp3) is 0.160. The molecule has 10 nitrogen and oxygen atoms in total. The molecule has 1 aliphatic heterocycles. The fourth-order valence-corrected chi connectivity index (χ4v) is 4.25. The Bertz CT molecular complexity index is 1550. The third kappa shape index (κ3) is 3.89. The van der Waals surface area contributed by atoms with E-state index in [4.69, 9.17) is 4.74 Å². The van der Waals surface area contributed by atoms with E-state index in [0.29, 0.717) is 48.9 Å². The molecule has 0 saturated carbocycles. The first-order valence-corrected chi connectivity index (χ1v) is 11.2. The van der Waals surface area contributed by atoms with Crippen LogP contribution in [0.1, 0.15) is 20.7 Å². The number of fused-ring (bicyclic) bond motifs is 2. The first-order chi connectivity index (χ1) is 17.2. The minimum Gasteiger partial charge on any atom is -0.378 e. The molecule has 2 N–H and O–H groups in total. The lowest BCUT2D eigenvalue weighted by Crippen LogP contribution is -2.40. The number of carbonyl (C=O) groups is 2. The molecule has 1 aliphatic rings. The molecule has 0 atom stereocenters. The number of nitrogens with zero attached hydrogens (tertiary/aromatic N) is 5. The zero-order chi connectivity index (χ0) is 23.8. The quantitative estimate of drug-likeness (QED) is 0.420. The molecule has 1 fully saturated rings. The van der Waals surface area contributed by atoms with Crippen molar-refractivity contribution < 1.29 is 14.3 Å². The van der Waals surface area contributed by atoms with Crippen LogP contribution in [-0.4, -0.2) is 67.6 Å². The van der Waals surface area contributed by atoms with Gasteiger partial charge in [0, 0.05) is 54.4 Å². The van der Waals surface area contributed by atoms with Gasteiger partial charge in [0.15, 0.2) is 0 Å². The molecule has 5 aromatic rings. The summed E-state index contributed by atoms with van der Waals surface area (Å²) in [6.07, 6.45) is 8.47. The van der Waals surface area contributed by atoms with Gasteiger partial charge in [0.1, 0.15) is 11.5 Å². The van der Waals surface area contributed by atoms with E-state index in [-0.39, 0.29) is 11.8 Å². The summed E-state index contributed by atoms with van der Waals surface area (Å²) in [6, 6.07) is 10.9. The highest BCUT2D eigenvalue weighted by atomic mass is 16.5. The Morgan fingerprint density at radius 1 is 1.06 bits per heavy atom. The van der Waals surface area contributed by atoms with Gasteiger partial charge >= 0.3 is 0 Å². The Morgan fingerprint density at radius 2 is 1.89 bits per heavy atom. The number of ether oxygens (including phenoxy) is 1. The van der Waals surface area contributed by atoms with Crippen molar-refractivity contribution in [3.8, 4) is 11.1 Å². The second-order valence-electron chi connectivity index (χ2n) is 8.19. The molecule has 35 heavy (non-hydrogen) atoms. The van der Waals surface area contributed by atoms with Crippen LogP contribution >= 0.6 is 0 Å². The number of aromatic amines is 1. The minimum absolute atomic E-state index is 0.0457. The van der Waals surface area contributed by atoms with Crippen molar-refractivity contribution in [2.75, 3.05) is 31.6 Å². The highest BCUT2D eigenvalue weighted by Crippen LogP contribution is 2.30. The number of nitrogens with one attached hydrogen (secondary N) is 2. The lowest BCUT2D eigenvalue weighted by Gasteiger charge is -2.26. The normalized spacial score (nSPS) is 13.9. The average Bonchev–Trinajstić information content (AvgIpc) is 3.53. The summed E-state index contributed by atoms with van der Waals surface area (Å²) in [7, 11) is 0. The number of anilines is 1. The van der Waals surface area contributed by atoms with Crippen LogP contribution in [0, 0.1) is 0 Å². The van der Waals surface area contributed by atoms with E-state index in [0.717, 1.165) is 22.0 Å². The van der Waals surface area contributed by atoms with Crippen LogP contribution in [0.5, 0.6) is 0 Å². The highest BCUT2D eigenvalue weighted by molar-refractivity contribution is 6.05. The molecule has 0 unspecified atom stereocenters. The van der Waals surface area contributed by atoms with E-state index in [1.807, 2.05) is 30.6 Å². The Morgan fingerprint density at radius 3 is 2.71 bits per heavy atom. The number of hydrogen-bond acceptors (Lipinski definition) is 6. The predicted molar refractivity (Wildman–Crippen MR) is 129 cm³/mol. The first-order valence-electron chi connectivity index (χ1n) is 11.2. The Balaban J connectivity index is 1.30. The smallest absolute Gasteiger partial charge is 0.257 e. The van der Waals surface area contributed by atoms with Crippen molar-refractivity contribution in [1.82, 2.24) is 29.5 Å². The number of H-pyrrole nitrogens is 1. The van der Waals surface area contributed by atoms with Gasteiger partial charge in [-0.1, -0.05) is 0 Å². The third-order valence-electron chi connectivity index (χ3n) is 6.08. The number of carbonyl (C=O) groups excluding carboxylic acids is 2. The fourth-order valence-electron chi connectivity index (χ4n) is 4.25. The van der Waals surface area contributed by atoms with Gasteiger partial charge in [-0.15, -0.1) is 0 Å². The van der Waals surface area contributed by atoms with Gasteiger partial charge in [0.05, 0.1) is 30.5 Å². The largest absolute Gasteiger partial charge is 0.378 e. The second-order valence-corrected chi connectivity index (χ2v) is 8.19. The Labute approximate surface area is 199 Å². The van der Waals surface area contributed by atoms with Gasteiger partial charge in [-0.3, -0.25) is 14.6 Å². The number of rotatable bonds is 4. The van der Waals surface area contributed by atoms with Gasteiger partial charge in [0.25, 0.3) is 11.8 Å². The minimum atomic E-state index is -0.255. The second kappa shape index (κ2) is 8.65. The van der Waals surface area contributed by atoms with Crippen LogP contribution in [-0.2, 0) is 4.74 Å². The van der Waals surface area contributed by atoms with Crippen molar-refractivity contribution in [3.63, 3.8) is 0 Å². The number of hydrogen-bond donors (Lipinski definition) is 2. The van der Waals surface area contributed by atoms with Crippen molar-refractivity contribution in [3.05, 3.63) is 78.5 Å². The van der Waals surface area contributed by atoms with E-state index in [9.17, 15) is 9.59 Å². The lowest BCUT2D eigenvalue weighted by atomic mass is 10.1. The van der Waals surface area contributed by atoms with E-state index in [1.165, 1.54) is 0 Å². The van der Waals surface area contributed by atoms with Crippen molar-refractivity contribution in [2.24, 2.45) is 0 Å². The van der Waals surface area contributed by atoms with Crippen LogP contribution in [0.2, 0.25) is 0 Å². The molecule has 174 valence electrons. The van der Waals surface area contributed by atoms with Crippen LogP contribution in [0.3, 0.4) is 0 Å². The molecule has 0 aromatic carbocycles. The summed E-state index contributed by atoms with van der Waals surface area (Å²) in [5, 5.41) is 8.07. The standard InChI is InChI=1S/C25H21N7O3/c33-24(16-3-6-26-7-4-16)30-22-2-1-18-19(14-27-23(18)29-22)17-5-8-32-21(13-17)20(15-28-32)25(34)31-9-11-35-12-10-31/h1-8,13-15H,9-12H2,(H2,27,29,30,33). The SMILES string of the molecule is O=C(Nc1ccc2c(-c3ccn4ncc(C(=O)N5CCOCC5)c4c3)c[nH]c2n1)c1ccncc1. The van der Waals surface area contributed by atoms with Crippen molar-refractivity contribution >= 4 is 34.2 Å². The van der Waals surface area contributed by atoms with Crippen molar-refractivity contribution in [2.45, 2.75) is 0 Å². The molecule has 1 saturated heterocycles. The number of pyridine rings is 3. The van der Waals surface area contributed by atoms with E-state index >= 15 is 0 Å². The molecule has 0 spiro atoms. The zero-order valence-electron chi connectivity index (χ0n) is 18.6. The first kappa shape index (κ1) is 21.0. The molecule has 0 radical (unpaired) electrons. The average molecular weight is 467 g/mol. The van der Waals surface area contributed by atoms with Crippen LogP contribution < -0.4 is 5.32 Å². The Kier molecular flexibility index (Phi) is 5.19. The molecule has 6 heterocycles. The topological polar surface area (TPSA) is 118 Å². The summed E-state index contributed by atoms with van der Waals surface area (Å²) in [5.41, 5.74) is 4.31. The predicted octanol–water partition coefficient (Wildman–Crippen LogP) is 3.00. The van der Waals surface area contributed by atoms with Crippen LogP contribution in [0.15, 0.2) is 67.4 Å². The molecule has 0 bridgehead atoms. The Hall–Kier alpha value is -4.57. The maximum atomic E-state index is 13.1. The number of amides is 2. The molecular weight excluding hydrogens is 446 g/mol. The third-order valence-corrected chi connectivity index (χ3v) is 6.08. The molecule has 10 heteroatoms. The summed E-state index contributed by atoms with van der Waals surface area (Å²) >= 11 is 0. The molecule has 0 aliphatic carbocycles. The summed E-state index contributed by atoms with van der Waals surface area (Å²) in [5.74, 6) is 0.141. The van der Waals surface area contributed by atoms with E-state index in [2.05, 4.69) is 25.4 Å². The van der Waals surface area contributed by atoms with Gasteiger partial charge in [-0.05, 0) is 42.0 Å². The summed E-state index contributed by atoms with van der Waals surface area (Å²) < 4.78 is 7.07. The molecule has 2 amide bonds. The van der Waals surface area contributed by atoms with Crippen LogP contribution in [0.4, 0.5) is 5.82 Å². The maximum absolute atomic E-state index is 13.1. The number of aromatic nitrogens is 5. The maximum Gasteiger partial charge on any atom is 0.257 e. The highest BCUT2D eigenvalue weighted by Gasteiger charge is 2.22. The van der Waals surface area contributed by atoms with Gasteiger partial charge in [0.2, 0.25) is 0 Å². The van der Waals surface area contributed by atoms with E-state index in [1.54, 1.807) is 46.2 Å². The van der Waals surface area contributed by atoms with Crippen molar-refractivity contribution in [1.29, 1.82) is 0 Å². The van der Waals surface area contributed by atoms with Crippen LogP contribution in [0.25, 0.3) is 27.7 Å². The molecule has 6 rings (SSSR count). The van der Waals surface area contributed by atoms with Gasteiger partial charge in [-0.25, -0.2) is 9.50 Å². The summed E-state index contributed by atoms with van der Waals surface area (Å²) in [4.78, 5) is 39.0. The summed E-state index contributed by atoms with van der Waals surface area (Å²) in [6.45, 7) is 2.24. The monoisotopic (exact) mass is 467 g/mol. The zero-order valence-corrected chi connectivity index (χ0v) is 18.6. The molecular formula is C25H21N7O3. The van der Waals surface area contributed by atoms with Gasteiger partial charge < -0.3 is 19.9 Å². The lowest BCUT2D eigenvalue weighted by molar-refractivity contribution is 0.0304. The van der Waals surface area contributed by atoms with Gasteiger partial charge in [-0.2, -0.15) is 5.10 Å². The van der Waals surface area contributed by atoms with E-state index < -0.39 is 0 Å². The molecule has 5 aromatic heterocycles. The number of morpholine rings is 1.